The van der Waals surface area contributed by atoms with Crippen LogP contribution in [0.15, 0.2) is 0 Å². The van der Waals surface area contributed by atoms with Gasteiger partial charge in [-0.15, -0.1) is 0 Å². The van der Waals surface area contributed by atoms with Gasteiger partial charge in [0.2, 0.25) is 5.91 Å². The summed E-state index contributed by atoms with van der Waals surface area (Å²) >= 11 is 0. The van der Waals surface area contributed by atoms with Crippen molar-refractivity contribution in [3.63, 3.8) is 0 Å². The predicted molar refractivity (Wildman–Crippen MR) is 62.1 cm³/mol. The first kappa shape index (κ1) is 11.9. The quantitative estimate of drug-likeness (QED) is 0.729. The van der Waals surface area contributed by atoms with E-state index in [4.69, 9.17) is 4.74 Å². The molecule has 0 radical (unpaired) electrons. The molecule has 4 nitrogen and oxygen atoms in total. The van der Waals surface area contributed by atoms with Gasteiger partial charge in [0.25, 0.3) is 0 Å². The van der Waals surface area contributed by atoms with E-state index in [0.717, 1.165) is 45.7 Å². The van der Waals surface area contributed by atoms with E-state index < -0.39 is 0 Å². The Morgan fingerprint density at radius 3 is 2.69 bits per heavy atom. The fourth-order valence-electron chi connectivity index (χ4n) is 2.24. The van der Waals surface area contributed by atoms with E-state index in [-0.39, 0.29) is 11.8 Å². The summed E-state index contributed by atoms with van der Waals surface area (Å²) in [6.45, 7) is 6.54. The topological polar surface area (TPSA) is 50.4 Å². The minimum absolute atomic E-state index is 0.154. The number of hydrogen-bond donors (Lipinski definition) is 2. The van der Waals surface area contributed by atoms with Crippen molar-refractivity contribution in [2.24, 2.45) is 17.8 Å². The number of ether oxygens (including phenoxy) is 1. The minimum atomic E-state index is 0.154. The van der Waals surface area contributed by atoms with Gasteiger partial charge in [-0.2, -0.15) is 0 Å². The molecule has 2 heterocycles. The Hall–Kier alpha value is -0.610. The van der Waals surface area contributed by atoms with Crippen LogP contribution in [0.25, 0.3) is 0 Å². The van der Waals surface area contributed by atoms with Crippen LogP contribution in [0, 0.1) is 17.8 Å². The molecule has 2 aliphatic rings. The van der Waals surface area contributed by atoms with Crippen LogP contribution in [0.3, 0.4) is 0 Å². The molecule has 0 bridgehead atoms. The number of nitrogens with one attached hydrogen (secondary N) is 2. The maximum absolute atomic E-state index is 11.8. The van der Waals surface area contributed by atoms with Gasteiger partial charge in [0.15, 0.2) is 0 Å². The molecule has 2 fully saturated rings. The van der Waals surface area contributed by atoms with Crippen LogP contribution in [-0.4, -0.2) is 38.8 Å². The first-order valence-electron chi connectivity index (χ1n) is 6.33. The molecule has 2 rings (SSSR count). The summed E-state index contributed by atoms with van der Waals surface area (Å²) in [5.74, 6) is 1.53. The normalized spacial score (nSPS) is 24.8. The Morgan fingerprint density at radius 1 is 1.44 bits per heavy atom. The third-order valence-corrected chi connectivity index (χ3v) is 3.84. The van der Waals surface area contributed by atoms with Crippen LogP contribution in [0.5, 0.6) is 0 Å². The summed E-state index contributed by atoms with van der Waals surface area (Å²) in [5.41, 5.74) is 0. The van der Waals surface area contributed by atoms with Crippen molar-refractivity contribution in [3.05, 3.63) is 0 Å². The molecule has 0 spiro atoms. The van der Waals surface area contributed by atoms with E-state index in [1.807, 2.05) is 6.92 Å². The molecule has 2 saturated heterocycles. The molecule has 0 saturated carbocycles. The third kappa shape index (κ3) is 2.95. The van der Waals surface area contributed by atoms with Crippen molar-refractivity contribution >= 4 is 5.91 Å². The zero-order valence-corrected chi connectivity index (χ0v) is 10.00. The third-order valence-electron chi connectivity index (χ3n) is 3.84. The molecule has 0 aromatic carbocycles. The van der Waals surface area contributed by atoms with E-state index in [2.05, 4.69) is 10.6 Å². The molecular formula is C12H22N2O2. The van der Waals surface area contributed by atoms with E-state index in [1.54, 1.807) is 0 Å². The molecule has 0 aromatic heterocycles. The zero-order chi connectivity index (χ0) is 11.4. The van der Waals surface area contributed by atoms with Crippen molar-refractivity contribution in [1.82, 2.24) is 10.6 Å². The standard InChI is InChI=1S/C12H22N2O2/c1-9(11-7-13-8-11)12(15)14-6-10-2-4-16-5-3-10/h9-11,13H,2-8H2,1H3,(H,14,15). The van der Waals surface area contributed by atoms with Crippen LogP contribution in [-0.2, 0) is 9.53 Å². The SMILES string of the molecule is CC(C(=O)NCC1CCOCC1)C1CNC1. The number of carbonyl (C=O) groups is 1. The van der Waals surface area contributed by atoms with Gasteiger partial charge in [0, 0.05) is 25.7 Å². The predicted octanol–water partition coefficient (Wildman–Crippen LogP) is 0.385. The van der Waals surface area contributed by atoms with Gasteiger partial charge < -0.3 is 15.4 Å². The molecular weight excluding hydrogens is 204 g/mol. The summed E-state index contributed by atoms with van der Waals surface area (Å²) < 4.78 is 5.30. The van der Waals surface area contributed by atoms with Crippen LogP contribution in [0.1, 0.15) is 19.8 Å². The second kappa shape index (κ2) is 5.64. The van der Waals surface area contributed by atoms with Crippen molar-refractivity contribution < 1.29 is 9.53 Å². The summed E-state index contributed by atoms with van der Waals surface area (Å²) in [5, 5.41) is 6.28. The van der Waals surface area contributed by atoms with Gasteiger partial charge in [-0.3, -0.25) is 4.79 Å². The Morgan fingerprint density at radius 2 is 2.12 bits per heavy atom. The van der Waals surface area contributed by atoms with Crippen molar-refractivity contribution in [3.8, 4) is 0 Å². The lowest BCUT2D eigenvalue weighted by atomic mass is 9.88. The summed E-state index contributed by atoms with van der Waals surface area (Å²) in [7, 11) is 0. The average Bonchev–Trinajstić information content (AvgIpc) is 2.25. The first-order chi connectivity index (χ1) is 7.77. The first-order valence-corrected chi connectivity index (χ1v) is 6.33. The van der Waals surface area contributed by atoms with Gasteiger partial charge in [0.05, 0.1) is 0 Å². The van der Waals surface area contributed by atoms with Gasteiger partial charge in [0.1, 0.15) is 0 Å². The van der Waals surface area contributed by atoms with Crippen LogP contribution >= 0.6 is 0 Å². The highest BCUT2D eigenvalue weighted by Gasteiger charge is 2.28. The number of rotatable bonds is 4. The Kier molecular flexibility index (Phi) is 4.18. The second-order valence-electron chi connectivity index (χ2n) is 5.01. The van der Waals surface area contributed by atoms with Gasteiger partial charge in [-0.1, -0.05) is 6.92 Å². The maximum atomic E-state index is 11.8. The van der Waals surface area contributed by atoms with Crippen molar-refractivity contribution in [2.45, 2.75) is 19.8 Å². The fraction of sp³-hybridized carbons (Fsp3) is 0.917. The minimum Gasteiger partial charge on any atom is -0.381 e. The summed E-state index contributed by atoms with van der Waals surface area (Å²) in [6, 6.07) is 0. The number of amides is 1. The van der Waals surface area contributed by atoms with Crippen LogP contribution in [0.2, 0.25) is 0 Å². The Balaban J connectivity index is 1.65. The van der Waals surface area contributed by atoms with Gasteiger partial charge >= 0.3 is 0 Å². The maximum Gasteiger partial charge on any atom is 0.223 e. The lowest BCUT2D eigenvalue weighted by molar-refractivity contribution is -0.127. The fourth-order valence-corrected chi connectivity index (χ4v) is 2.24. The second-order valence-corrected chi connectivity index (χ2v) is 5.01. The van der Waals surface area contributed by atoms with E-state index in [1.165, 1.54) is 0 Å². The number of carbonyl (C=O) groups excluding carboxylic acids is 1. The van der Waals surface area contributed by atoms with E-state index >= 15 is 0 Å². The Labute approximate surface area is 97.1 Å². The molecule has 1 amide bonds. The van der Waals surface area contributed by atoms with Gasteiger partial charge in [-0.25, -0.2) is 0 Å². The largest absolute Gasteiger partial charge is 0.381 e. The number of hydrogen-bond acceptors (Lipinski definition) is 3. The summed E-state index contributed by atoms with van der Waals surface area (Å²) in [4.78, 5) is 11.8. The smallest absolute Gasteiger partial charge is 0.223 e. The van der Waals surface area contributed by atoms with Crippen molar-refractivity contribution in [2.75, 3.05) is 32.8 Å². The molecule has 2 aliphatic heterocycles. The molecule has 0 aromatic rings. The van der Waals surface area contributed by atoms with Gasteiger partial charge in [-0.05, 0) is 37.8 Å². The molecule has 2 N–H and O–H groups in total. The highest BCUT2D eigenvalue weighted by molar-refractivity contribution is 5.78. The van der Waals surface area contributed by atoms with E-state index in [0.29, 0.717) is 11.8 Å². The van der Waals surface area contributed by atoms with Crippen LogP contribution < -0.4 is 10.6 Å². The highest BCUT2D eigenvalue weighted by atomic mass is 16.5. The van der Waals surface area contributed by atoms with E-state index in [9.17, 15) is 4.79 Å². The average molecular weight is 226 g/mol. The lowest BCUT2D eigenvalue weighted by Crippen LogP contribution is -2.50. The lowest BCUT2D eigenvalue weighted by Gasteiger charge is -2.32. The van der Waals surface area contributed by atoms with Crippen molar-refractivity contribution in [1.29, 1.82) is 0 Å². The molecule has 92 valence electrons. The van der Waals surface area contributed by atoms with Crippen LogP contribution in [0.4, 0.5) is 0 Å². The molecule has 16 heavy (non-hydrogen) atoms. The Bertz CT molecular complexity index is 235. The zero-order valence-electron chi connectivity index (χ0n) is 10.00. The molecule has 0 aliphatic carbocycles. The highest BCUT2D eigenvalue weighted by Crippen LogP contribution is 2.17. The molecule has 1 unspecified atom stereocenters. The molecule has 1 atom stereocenters. The monoisotopic (exact) mass is 226 g/mol. The molecule has 4 heteroatoms. The summed E-state index contributed by atoms with van der Waals surface area (Å²) in [6.07, 6.45) is 2.17.